The second-order valence-corrected chi connectivity index (χ2v) is 5.34. The summed E-state index contributed by atoms with van der Waals surface area (Å²) in [6.07, 6.45) is 5.69. The van der Waals surface area contributed by atoms with Crippen molar-refractivity contribution >= 4 is 5.69 Å². The topological polar surface area (TPSA) is 35.2 Å². The number of rotatable bonds is 3. The molecule has 94 valence electrons. The van der Waals surface area contributed by atoms with Gasteiger partial charge in [0, 0.05) is 5.69 Å². The monoisotopic (exact) mass is 233 g/mol. The van der Waals surface area contributed by atoms with Crippen molar-refractivity contribution in [3.8, 4) is 0 Å². The van der Waals surface area contributed by atoms with Gasteiger partial charge in [-0.3, -0.25) is 0 Å². The van der Waals surface area contributed by atoms with Gasteiger partial charge in [0.05, 0.1) is 12.2 Å². The maximum Gasteiger partial charge on any atom is 0.0800 e. The van der Waals surface area contributed by atoms with E-state index in [4.69, 9.17) is 10.5 Å². The highest BCUT2D eigenvalue weighted by atomic mass is 16.5. The van der Waals surface area contributed by atoms with Crippen molar-refractivity contribution in [3.05, 3.63) is 29.8 Å². The largest absolute Gasteiger partial charge is 0.399 e. The van der Waals surface area contributed by atoms with Gasteiger partial charge >= 0.3 is 0 Å². The number of nitrogen functional groups attached to an aromatic ring is 1. The maximum absolute atomic E-state index is 6.15. The van der Waals surface area contributed by atoms with Crippen molar-refractivity contribution in [1.29, 1.82) is 0 Å². The first-order valence-corrected chi connectivity index (χ1v) is 6.66. The third kappa shape index (κ3) is 3.47. The van der Waals surface area contributed by atoms with Crippen LogP contribution in [0.4, 0.5) is 5.69 Å². The molecule has 2 rings (SSSR count). The fraction of sp³-hybridized carbons (Fsp3) is 0.600. The van der Waals surface area contributed by atoms with Crippen LogP contribution in [0.5, 0.6) is 0 Å². The SMILES string of the molecule is CC1CCCC(OC(C)c2ccc(N)cc2)C1. The first kappa shape index (κ1) is 12.4. The van der Waals surface area contributed by atoms with Gasteiger partial charge in [-0.1, -0.05) is 31.9 Å². The number of benzene rings is 1. The van der Waals surface area contributed by atoms with E-state index >= 15 is 0 Å². The molecular formula is C15H23NO. The summed E-state index contributed by atoms with van der Waals surface area (Å²) in [6.45, 7) is 4.45. The Morgan fingerprint density at radius 3 is 2.59 bits per heavy atom. The average Bonchev–Trinajstić information content (AvgIpc) is 2.29. The van der Waals surface area contributed by atoms with Crippen LogP contribution in [0.2, 0.25) is 0 Å². The first-order valence-electron chi connectivity index (χ1n) is 6.66. The molecule has 3 unspecified atom stereocenters. The number of nitrogens with two attached hydrogens (primary N) is 1. The van der Waals surface area contributed by atoms with Crippen LogP contribution in [0.15, 0.2) is 24.3 Å². The molecule has 1 aliphatic carbocycles. The van der Waals surface area contributed by atoms with E-state index in [-0.39, 0.29) is 6.10 Å². The zero-order chi connectivity index (χ0) is 12.3. The molecular weight excluding hydrogens is 210 g/mol. The summed E-state index contributed by atoms with van der Waals surface area (Å²) in [6, 6.07) is 8.01. The van der Waals surface area contributed by atoms with E-state index in [0.717, 1.165) is 11.6 Å². The minimum atomic E-state index is 0.172. The Bertz CT molecular complexity index is 346. The molecule has 0 aliphatic heterocycles. The van der Waals surface area contributed by atoms with Crippen molar-refractivity contribution in [2.45, 2.75) is 51.7 Å². The van der Waals surface area contributed by atoms with E-state index in [1.54, 1.807) is 0 Å². The molecule has 1 fully saturated rings. The van der Waals surface area contributed by atoms with Crippen LogP contribution in [0.3, 0.4) is 0 Å². The van der Waals surface area contributed by atoms with Gasteiger partial charge in [0.2, 0.25) is 0 Å². The fourth-order valence-electron chi connectivity index (χ4n) is 2.64. The van der Waals surface area contributed by atoms with Crippen LogP contribution in [0, 0.1) is 5.92 Å². The molecule has 1 aromatic carbocycles. The van der Waals surface area contributed by atoms with Crippen molar-refractivity contribution in [3.63, 3.8) is 0 Å². The van der Waals surface area contributed by atoms with E-state index < -0.39 is 0 Å². The van der Waals surface area contributed by atoms with Crippen LogP contribution in [-0.4, -0.2) is 6.10 Å². The van der Waals surface area contributed by atoms with Crippen LogP contribution in [0.25, 0.3) is 0 Å². The molecule has 1 aromatic rings. The Labute approximate surface area is 104 Å². The highest BCUT2D eigenvalue weighted by Crippen LogP contribution is 2.30. The molecule has 2 heteroatoms. The van der Waals surface area contributed by atoms with Crippen LogP contribution in [-0.2, 0) is 4.74 Å². The molecule has 17 heavy (non-hydrogen) atoms. The molecule has 0 spiro atoms. The molecule has 0 amide bonds. The lowest BCUT2D eigenvalue weighted by Crippen LogP contribution is -2.22. The normalized spacial score (nSPS) is 26.7. The Hall–Kier alpha value is -1.02. The number of hydrogen-bond donors (Lipinski definition) is 1. The summed E-state index contributed by atoms with van der Waals surface area (Å²) in [5, 5.41) is 0. The Morgan fingerprint density at radius 2 is 1.94 bits per heavy atom. The summed E-state index contributed by atoms with van der Waals surface area (Å²) >= 11 is 0. The summed E-state index contributed by atoms with van der Waals surface area (Å²) in [5.74, 6) is 0.812. The molecule has 1 aliphatic rings. The lowest BCUT2D eigenvalue weighted by Gasteiger charge is -2.29. The number of ether oxygens (including phenoxy) is 1. The van der Waals surface area contributed by atoms with Gasteiger partial charge in [-0.25, -0.2) is 0 Å². The molecule has 0 saturated heterocycles. The Balaban J connectivity index is 1.91. The minimum Gasteiger partial charge on any atom is -0.399 e. The van der Waals surface area contributed by atoms with Crippen molar-refractivity contribution in [1.82, 2.24) is 0 Å². The molecule has 0 radical (unpaired) electrons. The van der Waals surface area contributed by atoms with E-state index in [9.17, 15) is 0 Å². The quantitative estimate of drug-likeness (QED) is 0.803. The van der Waals surface area contributed by atoms with Gasteiger partial charge in [0.1, 0.15) is 0 Å². The number of hydrogen-bond acceptors (Lipinski definition) is 2. The highest BCUT2D eigenvalue weighted by molar-refractivity contribution is 5.39. The molecule has 0 aromatic heterocycles. The fourth-order valence-corrected chi connectivity index (χ4v) is 2.64. The lowest BCUT2D eigenvalue weighted by atomic mass is 9.88. The predicted molar refractivity (Wildman–Crippen MR) is 71.8 cm³/mol. The highest BCUT2D eigenvalue weighted by Gasteiger charge is 2.21. The van der Waals surface area contributed by atoms with Crippen molar-refractivity contribution in [2.24, 2.45) is 5.92 Å². The van der Waals surface area contributed by atoms with Crippen molar-refractivity contribution in [2.75, 3.05) is 5.73 Å². The smallest absolute Gasteiger partial charge is 0.0800 e. The van der Waals surface area contributed by atoms with Gasteiger partial charge < -0.3 is 10.5 Å². The molecule has 0 heterocycles. The van der Waals surface area contributed by atoms with E-state index in [0.29, 0.717) is 6.10 Å². The van der Waals surface area contributed by atoms with Gasteiger partial charge in [-0.05, 0) is 43.4 Å². The second-order valence-electron chi connectivity index (χ2n) is 5.34. The number of anilines is 1. The van der Waals surface area contributed by atoms with E-state index in [1.807, 2.05) is 12.1 Å². The van der Waals surface area contributed by atoms with Gasteiger partial charge in [0.15, 0.2) is 0 Å². The molecule has 3 atom stereocenters. The van der Waals surface area contributed by atoms with Gasteiger partial charge in [-0.15, -0.1) is 0 Å². The van der Waals surface area contributed by atoms with Gasteiger partial charge in [0.25, 0.3) is 0 Å². The van der Waals surface area contributed by atoms with Crippen LogP contribution < -0.4 is 5.73 Å². The Morgan fingerprint density at radius 1 is 1.24 bits per heavy atom. The molecule has 0 bridgehead atoms. The van der Waals surface area contributed by atoms with Crippen molar-refractivity contribution < 1.29 is 4.74 Å². The minimum absolute atomic E-state index is 0.172. The first-order chi connectivity index (χ1) is 8.15. The second kappa shape index (κ2) is 5.54. The summed E-state index contributed by atoms with van der Waals surface area (Å²) in [7, 11) is 0. The zero-order valence-corrected chi connectivity index (χ0v) is 10.9. The molecule has 1 saturated carbocycles. The molecule has 2 nitrogen and oxygen atoms in total. The standard InChI is InChI=1S/C15H23NO/c1-11-4-3-5-15(10-11)17-12(2)13-6-8-14(16)9-7-13/h6-9,11-12,15H,3-5,10,16H2,1-2H3. The zero-order valence-electron chi connectivity index (χ0n) is 10.9. The summed E-state index contributed by atoms with van der Waals surface area (Å²) in [5.41, 5.74) is 7.72. The summed E-state index contributed by atoms with van der Waals surface area (Å²) in [4.78, 5) is 0. The third-order valence-electron chi connectivity index (χ3n) is 3.69. The van der Waals surface area contributed by atoms with Gasteiger partial charge in [-0.2, -0.15) is 0 Å². The summed E-state index contributed by atoms with van der Waals surface area (Å²) < 4.78 is 6.15. The predicted octanol–water partition coefficient (Wildman–Crippen LogP) is 3.93. The molecule has 2 N–H and O–H groups in total. The average molecular weight is 233 g/mol. The van der Waals surface area contributed by atoms with Crippen LogP contribution >= 0.6 is 0 Å². The van der Waals surface area contributed by atoms with E-state index in [2.05, 4.69) is 26.0 Å². The van der Waals surface area contributed by atoms with Crippen LogP contribution in [0.1, 0.15) is 51.2 Å². The maximum atomic E-state index is 6.15. The Kier molecular flexibility index (Phi) is 4.06. The third-order valence-corrected chi connectivity index (χ3v) is 3.69. The van der Waals surface area contributed by atoms with E-state index in [1.165, 1.54) is 31.2 Å². The lowest BCUT2D eigenvalue weighted by molar-refractivity contribution is -0.0317.